The van der Waals surface area contributed by atoms with Gasteiger partial charge in [-0.1, -0.05) is 62.4 Å². The third-order valence-electron chi connectivity index (χ3n) is 5.29. The number of anilines is 1. The number of carbonyl (C=O) groups is 2. The van der Waals surface area contributed by atoms with E-state index < -0.39 is 0 Å². The lowest BCUT2D eigenvalue weighted by molar-refractivity contribution is -0.120. The standard InChI is InChI=1S/C25H24N2O2S/c1-17(2)19-11-13-20(14-12-19)27-24(28)22(21-10-7-15-30-21)23(25(27)29)26(3)16-18-8-5-4-6-9-18/h4-15,17H,16H2,1-3H3. The van der Waals surface area contributed by atoms with Crippen molar-refractivity contribution >= 4 is 34.4 Å². The molecule has 0 radical (unpaired) electrons. The van der Waals surface area contributed by atoms with Crippen LogP contribution in [-0.2, 0) is 16.1 Å². The summed E-state index contributed by atoms with van der Waals surface area (Å²) in [5.74, 6) is -0.162. The number of thiophene rings is 1. The molecule has 0 N–H and O–H groups in total. The van der Waals surface area contributed by atoms with Gasteiger partial charge < -0.3 is 4.90 Å². The van der Waals surface area contributed by atoms with Gasteiger partial charge in [0, 0.05) is 18.5 Å². The molecule has 0 saturated carbocycles. The van der Waals surface area contributed by atoms with Crippen molar-refractivity contribution in [3.63, 3.8) is 0 Å². The molecule has 1 aromatic heterocycles. The van der Waals surface area contributed by atoms with Gasteiger partial charge in [-0.05, 0) is 40.6 Å². The van der Waals surface area contributed by atoms with Crippen LogP contribution in [0.25, 0.3) is 5.57 Å². The smallest absolute Gasteiger partial charge is 0.282 e. The van der Waals surface area contributed by atoms with Crippen LogP contribution in [0.3, 0.4) is 0 Å². The van der Waals surface area contributed by atoms with Crippen LogP contribution in [0.4, 0.5) is 5.69 Å². The SMILES string of the molecule is CC(C)c1ccc(N2C(=O)C(c3cccs3)=C(N(C)Cc3ccccc3)C2=O)cc1. The normalized spacial score (nSPS) is 14.2. The number of hydrogen-bond donors (Lipinski definition) is 0. The molecule has 2 aromatic carbocycles. The molecule has 5 heteroatoms. The monoisotopic (exact) mass is 416 g/mol. The Morgan fingerprint density at radius 3 is 2.20 bits per heavy atom. The van der Waals surface area contributed by atoms with Crippen molar-refractivity contribution in [2.24, 2.45) is 0 Å². The first-order valence-corrected chi connectivity index (χ1v) is 10.9. The fourth-order valence-corrected chi connectivity index (χ4v) is 4.46. The lowest BCUT2D eigenvalue weighted by Gasteiger charge is -2.21. The predicted molar refractivity (Wildman–Crippen MR) is 122 cm³/mol. The van der Waals surface area contributed by atoms with Gasteiger partial charge in [0.15, 0.2) is 0 Å². The largest absolute Gasteiger partial charge is 0.365 e. The first-order chi connectivity index (χ1) is 14.5. The summed E-state index contributed by atoms with van der Waals surface area (Å²) in [7, 11) is 1.87. The van der Waals surface area contributed by atoms with E-state index in [-0.39, 0.29) is 11.8 Å². The zero-order valence-electron chi connectivity index (χ0n) is 17.3. The van der Waals surface area contributed by atoms with Crippen molar-refractivity contribution in [2.45, 2.75) is 26.3 Å². The molecule has 0 bridgehead atoms. The molecule has 0 spiro atoms. The minimum atomic E-state index is -0.279. The van der Waals surface area contributed by atoms with Gasteiger partial charge in [-0.15, -0.1) is 11.3 Å². The summed E-state index contributed by atoms with van der Waals surface area (Å²) in [6.07, 6.45) is 0. The average molecular weight is 417 g/mol. The lowest BCUT2D eigenvalue weighted by Crippen LogP contribution is -2.34. The molecule has 0 fully saturated rings. The molecule has 3 aromatic rings. The molecule has 1 aliphatic heterocycles. The predicted octanol–water partition coefficient (Wildman–Crippen LogP) is 5.29. The zero-order chi connectivity index (χ0) is 21.3. The summed E-state index contributed by atoms with van der Waals surface area (Å²) < 4.78 is 0. The maximum atomic E-state index is 13.5. The number of likely N-dealkylation sites (N-methyl/N-ethyl adjacent to an activating group) is 1. The molecule has 0 unspecified atom stereocenters. The van der Waals surface area contributed by atoms with Crippen molar-refractivity contribution in [1.82, 2.24) is 4.90 Å². The van der Waals surface area contributed by atoms with Gasteiger partial charge >= 0.3 is 0 Å². The number of carbonyl (C=O) groups excluding carboxylic acids is 2. The summed E-state index contributed by atoms with van der Waals surface area (Å²) in [5.41, 5.74) is 3.77. The van der Waals surface area contributed by atoms with Crippen LogP contribution in [0.15, 0.2) is 77.8 Å². The van der Waals surface area contributed by atoms with E-state index in [1.807, 2.05) is 84.1 Å². The van der Waals surface area contributed by atoms with E-state index in [4.69, 9.17) is 0 Å². The molecule has 4 nitrogen and oxygen atoms in total. The van der Waals surface area contributed by atoms with Crippen molar-refractivity contribution in [3.05, 3.63) is 93.8 Å². The van der Waals surface area contributed by atoms with E-state index in [1.165, 1.54) is 21.8 Å². The van der Waals surface area contributed by atoms with Crippen molar-refractivity contribution < 1.29 is 9.59 Å². The van der Waals surface area contributed by atoms with E-state index in [2.05, 4.69) is 13.8 Å². The van der Waals surface area contributed by atoms with Crippen LogP contribution in [0.2, 0.25) is 0 Å². The van der Waals surface area contributed by atoms with Crippen LogP contribution in [0.5, 0.6) is 0 Å². The van der Waals surface area contributed by atoms with Crippen LogP contribution >= 0.6 is 11.3 Å². The Hall–Kier alpha value is -3.18. The molecular weight excluding hydrogens is 392 g/mol. The summed E-state index contributed by atoms with van der Waals surface area (Å²) in [4.78, 5) is 30.9. The molecular formula is C25H24N2O2S. The number of hydrogen-bond acceptors (Lipinski definition) is 4. The van der Waals surface area contributed by atoms with E-state index in [9.17, 15) is 9.59 Å². The van der Waals surface area contributed by atoms with Crippen LogP contribution < -0.4 is 4.90 Å². The Bertz CT molecular complexity index is 1080. The van der Waals surface area contributed by atoms with E-state index >= 15 is 0 Å². The van der Waals surface area contributed by atoms with Crippen LogP contribution in [0.1, 0.15) is 35.8 Å². The molecule has 0 saturated heterocycles. The number of nitrogens with zero attached hydrogens (tertiary/aromatic N) is 2. The highest BCUT2D eigenvalue weighted by Crippen LogP contribution is 2.36. The van der Waals surface area contributed by atoms with Crippen LogP contribution in [-0.4, -0.2) is 23.8 Å². The summed E-state index contributed by atoms with van der Waals surface area (Å²) in [5, 5.41) is 1.93. The Labute approximate surface area is 181 Å². The summed E-state index contributed by atoms with van der Waals surface area (Å²) in [6, 6.07) is 21.4. The minimum absolute atomic E-state index is 0.269. The van der Waals surface area contributed by atoms with Crippen LogP contribution in [0, 0.1) is 0 Å². The molecule has 152 valence electrons. The van der Waals surface area contributed by atoms with Gasteiger partial charge in [-0.2, -0.15) is 0 Å². The molecule has 0 atom stereocenters. The summed E-state index contributed by atoms with van der Waals surface area (Å²) in [6.45, 7) is 4.78. The second-order valence-electron chi connectivity index (χ2n) is 7.73. The van der Waals surface area contributed by atoms with Gasteiger partial charge in [-0.25, -0.2) is 4.90 Å². The highest BCUT2D eigenvalue weighted by atomic mass is 32.1. The quantitative estimate of drug-likeness (QED) is 0.513. The number of rotatable bonds is 6. The maximum absolute atomic E-state index is 13.5. The highest BCUT2D eigenvalue weighted by Gasteiger charge is 2.42. The van der Waals surface area contributed by atoms with Gasteiger partial charge in [0.2, 0.25) is 0 Å². The minimum Gasteiger partial charge on any atom is -0.365 e. The number of imide groups is 1. The van der Waals surface area contributed by atoms with Crippen molar-refractivity contribution in [1.29, 1.82) is 0 Å². The lowest BCUT2D eigenvalue weighted by atomic mass is 10.0. The van der Waals surface area contributed by atoms with Gasteiger partial charge in [-0.3, -0.25) is 9.59 Å². The topological polar surface area (TPSA) is 40.6 Å². The summed E-state index contributed by atoms with van der Waals surface area (Å²) >= 11 is 1.47. The van der Waals surface area contributed by atoms with Crippen molar-refractivity contribution in [3.8, 4) is 0 Å². The second kappa shape index (κ2) is 8.28. The van der Waals surface area contributed by atoms with E-state index in [0.717, 1.165) is 10.4 Å². The third kappa shape index (κ3) is 3.68. The Kier molecular flexibility index (Phi) is 5.55. The maximum Gasteiger partial charge on any atom is 0.282 e. The molecule has 0 aliphatic carbocycles. The molecule has 2 heterocycles. The molecule has 4 rings (SSSR count). The van der Waals surface area contributed by atoms with E-state index in [0.29, 0.717) is 29.4 Å². The first-order valence-electron chi connectivity index (χ1n) is 9.99. The van der Waals surface area contributed by atoms with Crippen molar-refractivity contribution in [2.75, 3.05) is 11.9 Å². The third-order valence-corrected chi connectivity index (χ3v) is 6.18. The van der Waals surface area contributed by atoms with Gasteiger partial charge in [0.1, 0.15) is 5.70 Å². The molecule has 1 aliphatic rings. The number of benzene rings is 2. The second-order valence-corrected chi connectivity index (χ2v) is 8.68. The zero-order valence-corrected chi connectivity index (χ0v) is 18.1. The fourth-order valence-electron chi connectivity index (χ4n) is 3.69. The fraction of sp³-hybridized carbons (Fsp3) is 0.200. The highest BCUT2D eigenvalue weighted by molar-refractivity contribution is 7.11. The molecule has 30 heavy (non-hydrogen) atoms. The van der Waals surface area contributed by atoms with Gasteiger partial charge in [0.05, 0.1) is 11.3 Å². The van der Waals surface area contributed by atoms with E-state index in [1.54, 1.807) is 0 Å². The molecule has 2 amide bonds. The first kappa shape index (κ1) is 20.1. The average Bonchev–Trinajstić information content (AvgIpc) is 3.35. The number of amides is 2. The Morgan fingerprint density at radius 2 is 1.60 bits per heavy atom. The Morgan fingerprint density at radius 1 is 0.900 bits per heavy atom. The van der Waals surface area contributed by atoms with Gasteiger partial charge in [0.25, 0.3) is 11.8 Å². The Balaban J connectivity index is 1.73.